The van der Waals surface area contributed by atoms with Gasteiger partial charge in [-0.25, -0.2) is 4.98 Å². The van der Waals surface area contributed by atoms with Crippen molar-refractivity contribution in [2.24, 2.45) is 5.73 Å². The van der Waals surface area contributed by atoms with Crippen LogP contribution in [0, 0.1) is 0 Å². The van der Waals surface area contributed by atoms with Gasteiger partial charge >= 0.3 is 0 Å². The normalized spacial score (nSPS) is 19.4. The first-order chi connectivity index (χ1) is 8.53. The van der Waals surface area contributed by atoms with Gasteiger partial charge in [-0.15, -0.1) is 11.3 Å². The number of hydrogen-bond acceptors (Lipinski definition) is 3. The molecule has 0 bridgehead atoms. The van der Waals surface area contributed by atoms with Crippen LogP contribution in [-0.2, 0) is 5.41 Å². The molecule has 1 aliphatic rings. The Morgan fingerprint density at radius 3 is 2.56 bits per heavy atom. The molecule has 0 radical (unpaired) electrons. The second kappa shape index (κ2) is 4.04. The van der Waals surface area contributed by atoms with Crippen LogP contribution < -0.4 is 5.73 Å². The molecule has 1 saturated carbocycles. The summed E-state index contributed by atoms with van der Waals surface area (Å²) in [6, 6.07) is 6.96. The molecule has 1 aromatic heterocycles. The molecule has 1 aliphatic carbocycles. The molecule has 3 heteroatoms. The fraction of sp³-hybridized carbons (Fsp3) is 0.533. The number of rotatable bonds is 3. The van der Waals surface area contributed by atoms with Crippen LogP contribution in [0.4, 0.5) is 0 Å². The lowest BCUT2D eigenvalue weighted by atomic mass is 9.89. The molecule has 0 aliphatic heterocycles. The molecule has 1 aromatic carbocycles. The summed E-state index contributed by atoms with van der Waals surface area (Å²) in [5.41, 5.74) is 8.90. The van der Waals surface area contributed by atoms with E-state index in [0.29, 0.717) is 5.92 Å². The van der Waals surface area contributed by atoms with E-state index in [1.54, 1.807) is 0 Å². The Bertz CT molecular complexity index is 579. The zero-order valence-corrected chi connectivity index (χ0v) is 12.1. The highest BCUT2D eigenvalue weighted by Crippen LogP contribution is 2.50. The fourth-order valence-electron chi connectivity index (χ4n) is 2.64. The molecule has 2 nitrogen and oxygen atoms in total. The Morgan fingerprint density at radius 2 is 2.00 bits per heavy atom. The van der Waals surface area contributed by atoms with Gasteiger partial charge in [0.05, 0.1) is 15.2 Å². The molecule has 2 N–H and O–H groups in total. The summed E-state index contributed by atoms with van der Waals surface area (Å²) in [7, 11) is 0. The monoisotopic (exact) mass is 260 g/mol. The van der Waals surface area contributed by atoms with Crippen LogP contribution in [0.5, 0.6) is 0 Å². The standard InChI is InChI=1S/C15H20N2S/c1-9(2)14-17-12-8-11(4-5-13(12)18-14)15(6-7-15)10(3)16/h4-5,8-10H,6-7,16H2,1-3H3. The van der Waals surface area contributed by atoms with Gasteiger partial charge in [-0.1, -0.05) is 19.9 Å². The second-order valence-electron chi connectivity index (χ2n) is 5.83. The Hall–Kier alpha value is -0.930. The van der Waals surface area contributed by atoms with Crippen molar-refractivity contribution in [2.45, 2.75) is 51.0 Å². The lowest BCUT2D eigenvalue weighted by Crippen LogP contribution is -2.31. The summed E-state index contributed by atoms with van der Waals surface area (Å²) in [5.74, 6) is 0.508. The minimum Gasteiger partial charge on any atom is -0.327 e. The van der Waals surface area contributed by atoms with Crippen LogP contribution in [0.3, 0.4) is 0 Å². The van der Waals surface area contributed by atoms with Crippen LogP contribution in [0.2, 0.25) is 0 Å². The summed E-state index contributed by atoms with van der Waals surface area (Å²) < 4.78 is 1.29. The third kappa shape index (κ3) is 1.77. The highest BCUT2D eigenvalue weighted by molar-refractivity contribution is 7.18. The SMILES string of the molecule is CC(C)c1nc2cc(C3(C(C)N)CC3)ccc2s1. The summed E-state index contributed by atoms with van der Waals surface area (Å²) >= 11 is 1.81. The maximum Gasteiger partial charge on any atom is 0.0963 e. The van der Waals surface area contributed by atoms with Gasteiger partial charge in [0.1, 0.15) is 0 Å². The van der Waals surface area contributed by atoms with E-state index in [1.165, 1.54) is 28.1 Å². The van der Waals surface area contributed by atoms with Crippen molar-refractivity contribution in [3.63, 3.8) is 0 Å². The van der Waals surface area contributed by atoms with E-state index in [-0.39, 0.29) is 11.5 Å². The second-order valence-corrected chi connectivity index (χ2v) is 6.90. The molecular weight excluding hydrogens is 240 g/mol. The van der Waals surface area contributed by atoms with Gasteiger partial charge in [0.2, 0.25) is 0 Å². The molecule has 1 fully saturated rings. The summed E-state index contributed by atoms with van der Waals surface area (Å²) in [6.07, 6.45) is 2.44. The van der Waals surface area contributed by atoms with Gasteiger partial charge in [-0.3, -0.25) is 0 Å². The third-order valence-electron chi connectivity index (χ3n) is 4.13. The van der Waals surface area contributed by atoms with E-state index in [0.717, 1.165) is 5.52 Å². The summed E-state index contributed by atoms with van der Waals surface area (Å²) in [5, 5.41) is 1.23. The van der Waals surface area contributed by atoms with E-state index in [1.807, 2.05) is 11.3 Å². The van der Waals surface area contributed by atoms with Crippen molar-refractivity contribution in [1.82, 2.24) is 4.98 Å². The smallest absolute Gasteiger partial charge is 0.0963 e. The van der Waals surface area contributed by atoms with Crippen LogP contribution >= 0.6 is 11.3 Å². The molecule has 0 amide bonds. The van der Waals surface area contributed by atoms with Crippen molar-refractivity contribution in [1.29, 1.82) is 0 Å². The number of nitrogens with zero attached hydrogens (tertiary/aromatic N) is 1. The average molecular weight is 260 g/mol. The molecule has 3 rings (SSSR count). The lowest BCUT2D eigenvalue weighted by Gasteiger charge is -2.19. The van der Waals surface area contributed by atoms with Crippen molar-refractivity contribution in [3.05, 3.63) is 28.8 Å². The number of nitrogens with two attached hydrogens (primary N) is 1. The Balaban J connectivity index is 2.06. The predicted molar refractivity (Wildman–Crippen MR) is 78.3 cm³/mol. The highest BCUT2D eigenvalue weighted by Gasteiger charge is 2.47. The minimum atomic E-state index is 0.232. The predicted octanol–water partition coefficient (Wildman–Crippen LogP) is 3.80. The number of benzene rings is 1. The van der Waals surface area contributed by atoms with E-state index < -0.39 is 0 Å². The van der Waals surface area contributed by atoms with Crippen LogP contribution in [0.15, 0.2) is 18.2 Å². The Kier molecular flexibility index (Phi) is 2.72. The summed E-state index contributed by atoms with van der Waals surface area (Å²) in [6.45, 7) is 6.52. The fourth-order valence-corrected chi connectivity index (χ4v) is 3.59. The molecule has 1 atom stereocenters. The van der Waals surface area contributed by atoms with Gasteiger partial charge in [-0.05, 0) is 37.5 Å². The van der Waals surface area contributed by atoms with E-state index in [4.69, 9.17) is 10.7 Å². The molecular formula is C15H20N2S. The van der Waals surface area contributed by atoms with Crippen LogP contribution in [0.1, 0.15) is 50.1 Å². The van der Waals surface area contributed by atoms with Crippen molar-refractivity contribution in [3.8, 4) is 0 Å². The topological polar surface area (TPSA) is 38.9 Å². The van der Waals surface area contributed by atoms with Gasteiger partial charge < -0.3 is 5.73 Å². The quantitative estimate of drug-likeness (QED) is 0.911. The van der Waals surface area contributed by atoms with E-state index >= 15 is 0 Å². The Morgan fingerprint density at radius 1 is 1.28 bits per heavy atom. The summed E-state index contributed by atoms with van der Waals surface area (Å²) in [4.78, 5) is 4.75. The number of fused-ring (bicyclic) bond motifs is 1. The van der Waals surface area contributed by atoms with Gasteiger partial charge in [0.25, 0.3) is 0 Å². The zero-order chi connectivity index (χ0) is 12.9. The van der Waals surface area contributed by atoms with Crippen LogP contribution in [0.25, 0.3) is 10.2 Å². The largest absolute Gasteiger partial charge is 0.327 e. The van der Waals surface area contributed by atoms with Gasteiger partial charge in [-0.2, -0.15) is 0 Å². The highest BCUT2D eigenvalue weighted by atomic mass is 32.1. The molecule has 1 unspecified atom stereocenters. The van der Waals surface area contributed by atoms with Gasteiger partial charge in [0.15, 0.2) is 0 Å². The first kappa shape index (κ1) is 12.1. The number of hydrogen-bond donors (Lipinski definition) is 1. The molecule has 96 valence electrons. The Labute approximate surface area is 112 Å². The number of aromatic nitrogens is 1. The zero-order valence-electron chi connectivity index (χ0n) is 11.2. The molecule has 0 saturated heterocycles. The van der Waals surface area contributed by atoms with Crippen LogP contribution in [-0.4, -0.2) is 11.0 Å². The van der Waals surface area contributed by atoms with Crippen molar-refractivity contribution in [2.75, 3.05) is 0 Å². The molecule has 0 spiro atoms. The van der Waals surface area contributed by atoms with Gasteiger partial charge in [0, 0.05) is 17.4 Å². The van der Waals surface area contributed by atoms with Crippen molar-refractivity contribution < 1.29 is 0 Å². The molecule has 1 heterocycles. The van der Waals surface area contributed by atoms with Crippen molar-refractivity contribution >= 4 is 21.6 Å². The maximum absolute atomic E-state index is 6.14. The number of thiazole rings is 1. The van der Waals surface area contributed by atoms with E-state index in [9.17, 15) is 0 Å². The van der Waals surface area contributed by atoms with E-state index in [2.05, 4.69) is 39.0 Å². The third-order valence-corrected chi connectivity index (χ3v) is 5.47. The first-order valence-corrected chi connectivity index (χ1v) is 7.51. The average Bonchev–Trinajstić information content (AvgIpc) is 3.02. The molecule has 2 aromatic rings. The first-order valence-electron chi connectivity index (χ1n) is 6.69. The molecule has 18 heavy (non-hydrogen) atoms. The minimum absolute atomic E-state index is 0.232. The maximum atomic E-state index is 6.14. The lowest BCUT2D eigenvalue weighted by molar-refractivity contribution is 0.557.